The van der Waals surface area contributed by atoms with Crippen molar-refractivity contribution < 1.29 is 0 Å². The van der Waals surface area contributed by atoms with Crippen molar-refractivity contribution in [3.8, 4) is 0 Å². The molecule has 0 radical (unpaired) electrons. The topological polar surface area (TPSA) is 55.9 Å². The van der Waals surface area contributed by atoms with Crippen molar-refractivity contribution in [3.05, 3.63) is 5.69 Å². The largest absolute Gasteiger partial charge is 0.394 e. The molecular weight excluding hydrogens is 212 g/mol. The third-order valence-corrected chi connectivity index (χ3v) is 3.75. The Labute approximate surface area is 104 Å². The summed E-state index contributed by atoms with van der Waals surface area (Å²) in [7, 11) is 0. The highest BCUT2D eigenvalue weighted by atomic mass is 15.4. The summed E-state index contributed by atoms with van der Waals surface area (Å²) in [4.78, 5) is 0. The summed E-state index contributed by atoms with van der Waals surface area (Å²) in [5.74, 6) is 1.00. The molecule has 4 heteroatoms. The molecule has 0 atom stereocenters. The van der Waals surface area contributed by atoms with Crippen molar-refractivity contribution in [2.24, 2.45) is 0 Å². The summed E-state index contributed by atoms with van der Waals surface area (Å²) in [5.41, 5.74) is 8.04. The quantitative estimate of drug-likeness (QED) is 0.848. The minimum Gasteiger partial charge on any atom is -0.394 e. The van der Waals surface area contributed by atoms with E-state index in [4.69, 9.17) is 5.73 Å². The van der Waals surface area contributed by atoms with Crippen LogP contribution in [0.15, 0.2) is 0 Å². The monoisotopic (exact) mass is 236 g/mol. The fraction of sp³-hybridized carbons (Fsp3) is 0.769. The highest BCUT2D eigenvalue weighted by Crippen LogP contribution is 2.35. The van der Waals surface area contributed by atoms with Crippen molar-refractivity contribution in [1.82, 2.24) is 9.78 Å². The Morgan fingerprint density at radius 1 is 1.35 bits per heavy atom. The Morgan fingerprint density at radius 2 is 1.94 bits per heavy atom. The Kier molecular flexibility index (Phi) is 3.06. The number of aromatic nitrogens is 2. The minimum absolute atomic E-state index is 0.188. The molecule has 1 aliphatic carbocycles. The first-order valence-electron chi connectivity index (χ1n) is 6.56. The number of hydrogen-bond donors (Lipinski definition) is 2. The van der Waals surface area contributed by atoms with Gasteiger partial charge in [-0.05, 0) is 40.5 Å². The van der Waals surface area contributed by atoms with E-state index < -0.39 is 0 Å². The van der Waals surface area contributed by atoms with Gasteiger partial charge in [-0.15, -0.1) is 0 Å². The Bertz CT molecular complexity index is 400. The van der Waals surface area contributed by atoms with E-state index >= 15 is 0 Å². The van der Waals surface area contributed by atoms with Crippen LogP contribution in [0.5, 0.6) is 0 Å². The molecule has 2 rings (SSSR count). The number of anilines is 2. The molecule has 1 saturated carbocycles. The van der Waals surface area contributed by atoms with Gasteiger partial charge in [0.1, 0.15) is 5.82 Å². The second-order valence-corrected chi connectivity index (χ2v) is 5.78. The average Bonchev–Trinajstić information content (AvgIpc) is 2.78. The van der Waals surface area contributed by atoms with Gasteiger partial charge in [0, 0.05) is 11.6 Å². The number of nitrogens with one attached hydrogen (secondary N) is 1. The summed E-state index contributed by atoms with van der Waals surface area (Å²) in [6.07, 6.45) is 5.04. The molecule has 1 fully saturated rings. The molecule has 17 heavy (non-hydrogen) atoms. The first-order valence-corrected chi connectivity index (χ1v) is 6.56. The molecule has 3 N–H and O–H groups in total. The molecular formula is C13H24N4. The maximum absolute atomic E-state index is 6.13. The standard InChI is InChI=1S/C13H24N4/c1-9(2)17-12(11(14)10(3)16-17)15-13(4)7-5-6-8-13/h9,15H,5-8,14H2,1-4H3. The fourth-order valence-corrected chi connectivity index (χ4v) is 2.62. The van der Waals surface area contributed by atoms with Crippen LogP contribution in [-0.4, -0.2) is 15.3 Å². The fourth-order valence-electron chi connectivity index (χ4n) is 2.62. The maximum atomic E-state index is 6.13. The van der Waals surface area contributed by atoms with Crippen molar-refractivity contribution in [3.63, 3.8) is 0 Å². The average molecular weight is 236 g/mol. The molecule has 1 heterocycles. The molecule has 0 saturated heterocycles. The summed E-state index contributed by atoms with van der Waals surface area (Å²) < 4.78 is 2.01. The van der Waals surface area contributed by atoms with Gasteiger partial charge in [0.25, 0.3) is 0 Å². The second kappa shape index (κ2) is 4.24. The highest BCUT2D eigenvalue weighted by Gasteiger charge is 2.30. The summed E-state index contributed by atoms with van der Waals surface area (Å²) in [6, 6.07) is 0.332. The molecule has 0 spiro atoms. The summed E-state index contributed by atoms with van der Waals surface area (Å²) in [5, 5.41) is 8.14. The zero-order valence-corrected chi connectivity index (χ0v) is 11.4. The van der Waals surface area contributed by atoms with E-state index in [1.807, 2.05) is 11.6 Å². The highest BCUT2D eigenvalue weighted by molar-refractivity contribution is 5.65. The maximum Gasteiger partial charge on any atom is 0.148 e. The number of hydrogen-bond acceptors (Lipinski definition) is 3. The van der Waals surface area contributed by atoms with Gasteiger partial charge in [0.2, 0.25) is 0 Å². The van der Waals surface area contributed by atoms with Gasteiger partial charge < -0.3 is 11.1 Å². The van der Waals surface area contributed by atoms with E-state index in [1.165, 1.54) is 25.7 Å². The number of nitrogens with zero attached hydrogens (tertiary/aromatic N) is 2. The number of nitrogens with two attached hydrogens (primary N) is 1. The predicted molar refractivity (Wildman–Crippen MR) is 72.3 cm³/mol. The molecule has 1 aliphatic rings. The minimum atomic E-state index is 0.188. The van der Waals surface area contributed by atoms with Crippen LogP contribution in [-0.2, 0) is 0 Å². The molecule has 1 aromatic heterocycles. The lowest BCUT2D eigenvalue weighted by Crippen LogP contribution is -2.32. The van der Waals surface area contributed by atoms with Crippen molar-refractivity contribution in [2.75, 3.05) is 11.1 Å². The van der Waals surface area contributed by atoms with E-state index in [1.54, 1.807) is 0 Å². The van der Waals surface area contributed by atoms with Gasteiger partial charge in [-0.25, -0.2) is 4.68 Å². The molecule has 1 aromatic rings. The molecule has 96 valence electrons. The van der Waals surface area contributed by atoms with Crippen molar-refractivity contribution in [1.29, 1.82) is 0 Å². The van der Waals surface area contributed by atoms with Gasteiger partial charge in [-0.1, -0.05) is 12.8 Å². The molecule has 0 aromatic carbocycles. The van der Waals surface area contributed by atoms with E-state index in [9.17, 15) is 0 Å². The van der Waals surface area contributed by atoms with Crippen LogP contribution in [0, 0.1) is 6.92 Å². The lowest BCUT2D eigenvalue weighted by Gasteiger charge is -2.28. The van der Waals surface area contributed by atoms with Crippen LogP contribution >= 0.6 is 0 Å². The van der Waals surface area contributed by atoms with Crippen LogP contribution in [0.2, 0.25) is 0 Å². The van der Waals surface area contributed by atoms with Crippen LogP contribution in [0.1, 0.15) is 58.2 Å². The summed E-state index contributed by atoms with van der Waals surface area (Å²) in [6.45, 7) is 8.52. The SMILES string of the molecule is Cc1nn(C(C)C)c(NC2(C)CCCC2)c1N. The van der Waals surface area contributed by atoms with E-state index in [0.29, 0.717) is 6.04 Å². The van der Waals surface area contributed by atoms with Gasteiger partial charge in [-0.2, -0.15) is 5.10 Å². The second-order valence-electron chi connectivity index (χ2n) is 5.78. The van der Waals surface area contributed by atoms with Crippen molar-refractivity contribution >= 4 is 11.5 Å². The number of aryl methyl sites for hydroxylation is 1. The van der Waals surface area contributed by atoms with E-state index in [0.717, 1.165) is 17.2 Å². The van der Waals surface area contributed by atoms with Gasteiger partial charge in [0.05, 0.1) is 11.4 Å². The zero-order chi connectivity index (χ0) is 12.6. The Balaban J connectivity index is 2.30. The van der Waals surface area contributed by atoms with Crippen molar-refractivity contribution in [2.45, 2.75) is 65.0 Å². The van der Waals surface area contributed by atoms with E-state index in [-0.39, 0.29) is 5.54 Å². The van der Waals surface area contributed by atoms with Crippen LogP contribution < -0.4 is 11.1 Å². The molecule has 0 unspecified atom stereocenters. The lowest BCUT2D eigenvalue weighted by molar-refractivity contribution is 0.495. The number of rotatable bonds is 3. The first-order chi connectivity index (χ1) is 7.93. The molecule has 4 nitrogen and oxygen atoms in total. The molecule has 0 aliphatic heterocycles. The number of nitrogen functional groups attached to an aromatic ring is 1. The molecule has 0 bridgehead atoms. The third kappa shape index (κ3) is 2.26. The Morgan fingerprint density at radius 3 is 2.47 bits per heavy atom. The van der Waals surface area contributed by atoms with E-state index in [2.05, 4.69) is 31.2 Å². The van der Waals surface area contributed by atoms with Crippen LogP contribution in [0.25, 0.3) is 0 Å². The Hall–Kier alpha value is -1.19. The first kappa shape index (κ1) is 12.3. The van der Waals surface area contributed by atoms with Crippen LogP contribution in [0.4, 0.5) is 11.5 Å². The zero-order valence-electron chi connectivity index (χ0n) is 11.4. The van der Waals surface area contributed by atoms with Gasteiger partial charge in [0.15, 0.2) is 0 Å². The third-order valence-electron chi connectivity index (χ3n) is 3.75. The molecule has 0 amide bonds. The predicted octanol–water partition coefficient (Wildman–Crippen LogP) is 3.10. The lowest BCUT2D eigenvalue weighted by atomic mass is 10.0. The van der Waals surface area contributed by atoms with Crippen LogP contribution in [0.3, 0.4) is 0 Å². The van der Waals surface area contributed by atoms with Gasteiger partial charge >= 0.3 is 0 Å². The smallest absolute Gasteiger partial charge is 0.148 e. The normalized spacial score (nSPS) is 18.9. The summed E-state index contributed by atoms with van der Waals surface area (Å²) >= 11 is 0. The van der Waals surface area contributed by atoms with Gasteiger partial charge in [-0.3, -0.25) is 0 Å².